The van der Waals surface area contributed by atoms with E-state index in [0.29, 0.717) is 0 Å². The molecule has 0 aliphatic heterocycles. The fourth-order valence-corrected chi connectivity index (χ4v) is 1.33. The third-order valence-electron chi connectivity index (χ3n) is 1.98. The highest BCUT2D eigenvalue weighted by atomic mass is 14.1. The molecule has 0 heterocycles. The minimum Gasteiger partial charge on any atom is -0.0991 e. The van der Waals surface area contributed by atoms with Gasteiger partial charge < -0.3 is 0 Å². The van der Waals surface area contributed by atoms with Gasteiger partial charge in [0.1, 0.15) is 0 Å². The zero-order chi connectivity index (χ0) is 11.4. The minimum atomic E-state index is 1.26. The quantitative estimate of drug-likeness (QED) is 0.524. The average Bonchev–Trinajstić information content (AvgIpc) is 2.67. The fraction of sp³-hybridized carbons (Fsp3) is 0.571. The summed E-state index contributed by atoms with van der Waals surface area (Å²) in [6, 6.07) is 0. The molecule has 0 bridgehead atoms. The molecule has 0 unspecified atom stereocenters. The predicted octanol–water partition coefficient (Wildman–Crippen LogP) is 5.28. The van der Waals surface area contributed by atoms with Crippen LogP contribution in [0.5, 0.6) is 0 Å². The maximum atomic E-state index is 3.64. The SMILES string of the molecule is C=C/C=C\C1=C(C)CCC1.CC.CC. The molecule has 0 aromatic heterocycles. The van der Waals surface area contributed by atoms with E-state index in [-0.39, 0.29) is 0 Å². The maximum Gasteiger partial charge on any atom is -0.0276 e. The Labute approximate surface area is 90.4 Å². The van der Waals surface area contributed by atoms with Crippen molar-refractivity contribution >= 4 is 0 Å². The van der Waals surface area contributed by atoms with Crippen molar-refractivity contribution in [3.8, 4) is 0 Å². The Balaban J connectivity index is 0. The van der Waals surface area contributed by atoms with Gasteiger partial charge in [-0.1, -0.05) is 58.1 Å². The standard InChI is InChI=1S/C10H14.2C2H6/c1-3-4-7-10-8-5-6-9(10)2;2*1-2/h3-4,7H,1,5-6,8H2,2H3;2*1-2H3/b7-4-;;. The largest absolute Gasteiger partial charge is 0.0991 e. The van der Waals surface area contributed by atoms with E-state index >= 15 is 0 Å². The van der Waals surface area contributed by atoms with E-state index in [1.165, 1.54) is 24.8 Å². The molecule has 0 N–H and O–H groups in total. The third-order valence-corrected chi connectivity index (χ3v) is 1.98. The van der Waals surface area contributed by atoms with Crippen LogP contribution in [-0.2, 0) is 0 Å². The maximum absolute atomic E-state index is 3.64. The highest BCUT2D eigenvalue weighted by Crippen LogP contribution is 2.25. The Morgan fingerprint density at radius 2 is 1.64 bits per heavy atom. The molecule has 0 aromatic rings. The lowest BCUT2D eigenvalue weighted by Gasteiger charge is -1.91. The first-order valence-corrected chi connectivity index (χ1v) is 5.82. The first-order chi connectivity index (χ1) is 6.84. The Bertz CT molecular complexity index is 182. The summed E-state index contributed by atoms with van der Waals surface area (Å²) in [4.78, 5) is 0. The summed E-state index contributed by atoms with van der Waals surface area (Å²) in [6.45, 7) is 13.9. The van der Waals surface area contributed by atoms with Crippen LogP contribution in [-0.4, -0.2) is 0 Å². The van der Waals surface area contributed by atoms with Gasteiger partial charge in [-0.25, -0.2) is 0 Å². The van der Waals surface area contributed by atoms with Crippen molar-refractivity contribution in [3.05, 3.63) is 36.0 Å². The van der Waals surface area contributed by atoms with Crippen LogP contribution >= 0.6 is 0 Å². The summed E-state index contributed by atoms with van der Waals surface area (Å²) in [5, 5.41) is 0. The second-order valence-electron chi connectivity index (χ2n) is 2.75. The summed E-state index contributed by atoms with van der Waals surface area (Å²) in [6.07, 6.45) is 9.91. The van der Waals surface area contributed by atoms with Gasteiger partial charge in [0.2, 0.25) is 0 Å². The molecule has 82 valence electrons. The fourth-order valence-electron chi connectivity index (χ4n) is 1.33. The minimum absolute atomic E-state index is 1.26. The lowest BCUT2D eigenvalue weighted by atomic mass is 10.1. The van der Waals surface area contributed by atoms with Crippen LogP contribution in [0.25, 0.3) is 0 Å². The number of allylic oxidation sites excluding steroid dienone is 5. The molecular weight excluding hydrogens is 168 g/mol. The monoisotopic (exact) mass is 194 g/mol. The topological polar surface area (TPSA) is 0 Å². The number of rotatable bonds is 2. The van der Waals surface area contributed by atoms with Gasteiger partial charge >= 0.3 is 0 Å². The first-order valence-electron chi connectivity index (χ1n) is 5.82. The van der Waals surface area contributed by atoms with Crippen LogP contribution < -0.4 is 0 Å². The van der Waals surface area contributed by atoms with Crippen LogP contribution in [0.15, 0.2) is 36.0 Å². The van der Waals surface area contributed by atoms with Gasteiger partial charge in [0.05, 0.1) is 0 Å². The highest BCUT2D eigenvalue weighted by Gasteiger charge is 2.06. The Hall–Kier alpha value is -0.780. The van der Waals surface area contributed by atoms with Crippen molar-refractivity contribution in [1.29, 1.82) is 0 Å². The summed E-state index contributed by atoms with van der Waals surface area (Å²) in [5.41, 5.74) is 3.07. The number of hydrogen-bond acceptors (Lipinski definition) is 0. The molecule has 0 nitrogen and oxygen atoms in total. The lowest BCUT2D eigenvalue weighted by Crippen LogP contribution is -1.71. The van der Waals surface area contributed by atoms with E-state index in [2.05, 4.69) is 19.6 Å². The van der Waals surface area contributed by atoms with Crippen LogP contribution in [0.2, 0.25) is 0 Å². The van der Waals surface area contributed by atoms with Crippen LogP contribution in [0, 0.1) is 0 Å². The van der Waals surface area contributed by atoms with Crippen LogP contribution in [0.1, 0.15) is 53.9 Å². The van der Waals surface area contributed by atoms with E-state index in [1.54, 1.807) is 5.57 Å². The molecule has 0 atom stereocenters. The van der Waals surface area contributed by atoms with Gasteiger partial charge in [0.15, 0.2) is 0 Å². The highest BCUT2D eigenvalue weighted by molar-refractivity contribution is 5.29. The van der Waals surface area contributed by atoms with Crippen molar-refractivity contribution < 1.29 is 0 Å². The van der Waals surface area contributed by atoms with E-state index < -0.39 is 0 Å². The molecule has 0 fully saturated rings. The Morgan fingerprint density at radius 1 is 1.07 bits per heavy atom. The molecule has 0 spiro atoms. The molecule has 0 saturated carbocycles. The summed E-state index contributed by atoms with van der Waals surface area (Å²) in [7, 11) is 0. The van der Waals surface area contributed by atoms with Crippen LogP contribution in [0.3, 0.4) is 0 Å². The smallest absolute Gasteiger partial charge is 0.0276 e. The second-order valence-corrected chi connectivity index (χ2v) is 2.75. The molecule has 1 rings (SSSR count). The molecule has 0 heteroatoms. The molecule has 0 radical (unpaired) electrons. The normalized spacial score (nSPS) is 14.4. The van der Waals surface area contributed by atoms with Crippen molar-refractivity contribution in [2.45, 2.75) is 53.9 Å². The van der Waals surface area contributed by atoms with Crippen molar-refractivity contribution in [3.63, 3.8) is 0 Å². The molecule has 1 aliphatic carbocycles. The van der Waals surface area contributed by atoms with Gasteiger partial charge in [-0.15, -0.1) is 0 Å². The predicted molar refractivity (Wildman–Crippen MR) is 68.6 cm³/mol. The van der Waals surface area contributed by atoms with Crippen molar-refractivity contribution in [2.75, 3.05) is 0 Å². The van der Waals surface area contributed by atoms with Crippen molar-refractivity contribution in [1.82, 2.24) is 0 Å². The molecule has 0 saturated heterocycles. The summed E-state index contributed by atoms with van der Waals surface area (Å²) >= 11 is 0. The molecule has 0 aromatic carbocycles. The summed E-state index contributed by atoms with van der Waals surface area (Å²) in [5.74, 6) is 0. The average molecular weight is 194 g/mol. The van der Waals surface area contributed by atoms with E-state index in [1.807, 2.05) is 39.8 Å². The summed E-state index contributed by atoms with van der Waals surface area (Å²) < 4.78 is 0. The van der Waals surface area contributed by atoms with E-state index in [9.17, 15) is 0 Å². The Morgan fingerprint density at radius 3 is 2.00 bits per heavy atom. The van der Waals surface area contributed by atoms with E-state index in [0.717, 1.165) is 0 Å². The number of hydrogen-bond donors (Lipinski definition) is 0. The van der Waals surface area contributed by atoms with Gasteiger partial charge in [-0.2, -0.15) is 0 Å². The lowest BCUT2D eigenvalue weighted by molar-refractivity contribution is 0.899. The molecule has 14 heavy (non-hydrogen) atoms. The molecular formula is C14H26. The zero-order valence-electron chi connectivity index (χ0n) is 10.6. The van der Waals surface area contributed by atoms with Gasteiger partial charge in [-0.05, 0) is 31.8 Å². The molecule has 0 amide bonds. The van der Waals surface area contributed by atoms with Crippen molar-refractivity contribution in [2.24, 2.45) is 0 Å². The zero-order valence-corrected chi connectivity index (χ0v) is 10.6. The molecule has 1 aliphatic rings. The first kappa shape index (κ1) is 15.7. The van der Waals surface area contributed by atoms with Gasteiger partial charge in [0, 0.05) is 0 Å². The Kier molecular flexibility index (Phi) is 13.7. The van der Waals surface area contributed by atoms with Crippen LogP contribution in [0.4, 0.5) is 0 Å². The van der Waals surface area contributed by atoms with E-state index in [4.69, 9.17) is 0 Å². The second kappa shape index (κ2) is 12.2. The third kappa shape index (κ3) is 6.71. The van der Waals surface area contributed by atoms with Gasteiger partial charge in [-0.3, -0.25) is 0 Å². The van der Waals surface area contributed by atoms with Gasteiger partial charge in [0.25, 0.3) is 0 Å².